The Morgan fingerprint density at radius 2 is 1.64 bits per heavy atom. The molecule has 0 saturated carbocycles. The van der Waals surface area contributed by atoms with Crippen LogP contribution in [0.5, 0.6) is 0 Å². The SMILES string of the molecule is CCOC(=O)Cn1c(=NC(=O)c2ccc(S(=O)(=O)N3CCN(C(=O)OCC)CC3)cc2)sc2cccc(F)c21. The zero-order chi connectivity index (χ0) is 28.2. The van der Waals surface area contributed by atoms with Crippen LogP contribution >= 0.6 is 11.3 Å². The third-order valence-electron chi connectivity index (χ3n) is 5.95. The molecule has 0 N–H and O–H groups in total. The summed E-state index contributed by atoms with van der Waals surface area (Å²) in [5.41, 5.74) is 0.244. The highest BCUT2D eigenvalue weighted by atomic mass is 32.2. The van der Waals surface area contributed by atoms with Gasteiger partial charge in [0, 0.05) is 31.7 Å². The average Bonchev–Trinajstić information content (AvgIpc) is 3.26. The van der Waals surface area contributed by atoms with Gasteiger partial charge in [-0.3, -0.25) is 9.59 Å². The van der Waals surface area contributed by atoms with E-state index >= 15 is 0 Å². The second-order valence-corrected chi connectivity index (χ2v) is 11.3. The molecule has 0 bridgehead atoms. The highest BCUT2D eigenvalue weighted by molar-refractivity contribution is 7.89. The van der Waals surface area contributed by atoms with Crippen molar-refractivity contribution in [3.8, 4) is 0 Å². The first-order valence-electron chi connectivity index (χ1n) is 12.2. The van der Waals surface area contributed by atoms with Gasteiger partial charge < -0.3 is 18.9 Å². The highest BCUT2D eigenvalue weighted by Crippen LogP contribution is 2.22. The molecule has 0 radical (unpaired) electrons. The number of rotatable bonds is 7. The Bertz CT molecular complexity index is 1560. The monoisotopic (exact) mass is 578 g/mol. The lowest BCUT2D eigenvalue weighted by Crippen LogP contribution is -2.50. The lowest BCUT2D eigenvalue weighted by molar-refractivity contribution is -0.143. The van der Waals surface area contributed by atoms with Crippen molar-refractivity contribution in [2.45, 2.75) is 25.3 Å². The van der Waals surface area contributed by atoms with Gasteiger partial charge >= 0.3 is 12.1 Å². The number of fused-ring (bicyclic) bond motifs is 1. The Balaban J connectivity index is 1.56. The van der Waals surface area contributed by atoms with E-state index in [9.17, 15) is 27.2 Å². The molecule has 1 saturated heterocycles. The van der Waals surface area contributed by atoms with Crippen molar-refractivity contribution >= 4 is 49.5 Å². The van der Waals surface area contributed by atoms with Gasteiger partial charge in [-0.25, -0.2) is 17.6 Å². The molecule has 0 unspecified atom stereocenters. The van der Waals surface area contributed by atoms with Crippen molar-refractivity contribution in [3.63, 3.8) is 0 Å². The fourth-order valence-electron chi connectivity index (χ4n) is 4.05. The van der Waals surface area contributed by atoms with Crippen LogP contribution in [0.2, 0.25) is 0 Å². The first-order valence-corrected chi connectivity index (χ1v) is 14.5. The summed E-state index contributed by atoms with van der Waals surface area (Å²) >= 11 is 1.04. The van der Waals surface area contributed by atoms with E-state index in [0.29, 0.717) is 4.70 Å². The Morgan fingerprint density at radius 3 is 2.28 bits per heavy atom. The zero-order valence-electron chi connectivity index (χ0n) is 21.3. The van der Waals surface area contributed by atoms with Gasteiger partial charge in [-0.2, -0.15) is 9.30 Å². The summed E-state index contributed by atoms with van der Waals surface area (Å²) in [5, 5.41) is 0. The van der Waals surface area contributed by atoms with Crippen molar-refractivity contribution < 1.29 is 36.7 Å². The number of para-hydroxylation sites is 1. The van der Waals surface area contributed by atoms with E-state index in [4.69, 9.17) is 9.47 Å². The first kappa shape index (κ1) is 28.4. The van der Waals surface area contributed by atoms with E-state index in [2.05, 4.69) is 4.99 Å². The minimum absolute atomic E-state index is 0.00931. The average molecular weight is 579 g/mol. The summed E-state index contributed by atoms with van der Waals surface area (Å²) in [6.45, 7) is 4.03. The van der Waals surface area contributed by atoms with Gasteiger partial charge in [0.05, 0.1) is 28.3 Å². The van der Waals surface area contributed by atoms with Crippen molar-refractivity contribution in [3.05, 3.63) is 58.6 Å². The molecule has 1 aromatic heterocycles. The molecule has 3 aromatic rings. The predicted molar refractivity (Wildman–Crippen MR) is 140 cm³/mol. The lowest BCUT2D eigenvalue weighted by Gasteiger charge is -2.33. The number of carbonyl (C=O) groups is 3. The van der Waals surface area contributed by atoms with Crippen LogP contribution in [0.4, 0.5) is 9.18 Å². The van der Waals surface area contributed by atoms with E-state index in [-0.39, 0.29) is 66.7 Å². The molecule has 1 aliphatic rings. The topological polar surface area (TPSA) is 128 Å². The van der Waals surface area contributed by atoms with E-state index in [1.165, 1.54) is 50.2 Å². The number of benzene rings is 2. The number of piperazine rings is 1. The fourth-order valence-corrected chi connectivity index (χ4v) is 6.51. The number of aromatic nitrogens is 1. The normalized spacial score (nSPS) is 14.9. The standard InChI is InChI=1S/C25H27FN4O7S2/c1-3-36-21(31)16-30-22-19(26)6-5-7-20(22)38-24(30)27-23(32)17-8-10-18(11-9-17)39(34,35)29-14-12-28(13-15-29)25(33)37-4-2/h5-11H,3-4,12-16H2,1-2H3. The number of amides is 2. The molecule has 0 aliphatic carbocycles. The zero-order valence-corrected chi connectivity index (χ0v) is 23.0. The van der Waals surface area contributed by atoms with Crippen LogP contribution in [0.3, 0.4) is 0 Å². The summed E-state index contributed by atoms with van der Waals surface area (Å²) in [6, 6.07) is 9.73. The smallest absolute Gasteiger partial charge is 0.409 e. The van der Waals surface area contributed by atoms with E-state index in [0.717, 1.165) is 11.3 Å². The van der Waals surface area contributed by atoms with Gasteiger partial charge in [-0.05, 0) is 50.2 Å². The highest BCUT2D eigenvalue weighted by Gasteiger charge is 2.30. The Labute approximate surface area is 228 Å². The molecule has 14 heteroatoms. The van der Waals surface area contributed by atoms with Crippen LogP contribution in [0, 0.1) is 5.82 Å². The summed E-state index contributed by atoms with van der Waals surface area (Å²) in [5.74, 6) is -1.86. The molecule has 1 fully saturated rings. The number of halogens is 1. The number of hydrogen-bond acceptors (Lipinski definition) is 8. The second kappa shape index (κ2) is 12.1. The third kappa shape index (κ3) is 6.18. The minimum Gasteiger partial charge on any atom is -0.465 e. The second-order valence-electron chi connectivity index (χ2n) is 8.39. The lowest BCUT2D eigenvalue weighted by atomic mass is 10.2. The number of nitrogens with zero attached hydrogens (tertiary/aromatic N) is 4. The molecule has 2 amide bonds. The first-order chi connectivity index (χ1) is 18.6. The molecule has 1 aliphatic heterocycles. The van der Waals surface area contributed by atoms with Gasteiger partial charge in [-0.1, -0.05) is 17.4 Å². The van der Waals surface area contributed by atoms with Gasteiger partial charge in [0.1, 0.15) is 12.4 Å². The van der Waals surface area contributed by atoms with Gasteiger partial charge in [0.15, 0.2) is 4.80 Å². The van der Waals surface area contributed by atoms with Crippen molar-refractivity contribution in [2.75, 3.05) is 39.4 Å². The van der Waals surface area contributed by atoms with Gasteiger partial charge in [-0.15, -0.1) is 0 Å². The maximum absolute atomic E-state index is 14.6. The molecule has 11 nitrogen and oxygen atoms in total. The summed E-state index contributed by atoms with van der Waals surface area (Å²) in [4.78, 5) is 42.6. The third-order valence-corrected chi connectivity index (χ3v) is 8.90. The maximum Gasteiger partial charge on any atom is 0.409 e. The number of hydrogen-bond donors (Lipinski definition) is 0. The molecule has 0 spiro atoms. The maximum atomic E-state index is 14.6. The Kier molecular flexibility index (Phi) is 8.77. The molecular weight excluding hydrogens is 551 g/mol. The summed E-state index contributed by atoms with van der Waals surface area (Å²) < 4.78 is 53.8. The van der Waals surface area contributed by atoms with Crippen molar-refractivity contribution in [1.82, 2.24) is 13.8 Å². The number of sulfonamides is 1. The van der Waals surface area contributed by atoms with Crippen molar-refractivity contribution in [2.24, 2.45) is 4.99 Å². The van der Waals surface area contributed by atoms with Crippen LogP contribution in [0.15, 0.2) is 52.4 Å². The summed E-state index contributed by atoms with van der Waals surface area (Å²) in [7, 11) is -3.86. The van der Waals surface area contributed by atoms with Crippen LogP contribution in [-0.2, 0) is 30.8 Å². The quantitative estimate of drug-likeness (QED) is 0.394. The van der Waals surface area contributed by atoms with Gasteiger partial charge in [0.2, 0.25) is 10.0 Å². The van der Waals surface area contributed by atoms with Crippen molar-refractivity contribution in [1.29, 1.82) is 0 Å². The van der Waals surface area contributed by atoms with Crippen LogP contribution < -0.4 is 4.80 Å². The molecule has 2 heterocycles. The van der Waals surface area contributed by atoms with Crippen LogP contribution in [0.1, 0.15) is 24.2 Å². The fraction of sp³-hybridized carbons (Fsp3) is 0.360. The number of thiazole rings is 1. The minimum atomic E-state index is -3.86. The van der Waals surface area contributed by atoms with Crippen LogP contribution in [-0.4, -0.2) is 79.6 Å². The number of ether oxygens (including phenoxy) is 2. The Morgan fingerprint density at radius 1 is 0.974 bits per heavy atom. The molecule has 208 valence electrons. The molecule has 39 heavy (non-hydrogen) atoms. The Hall–Kier alpha value is -3.62. The predicted octanol–water partition coefficient (Wildman–Crippen LogP) is 2.61. The van der Waals surface area contributed by atoms with E-state index < -0.39 is 33.8 Å². The molecule has 2 aromatic carbocycles. The van der Waals surface area contributed by atoms with E-state index in [1.54, 1.807) is 19.9 Å². The number of carbonyl (C=O) groups excluding carboxylic acids is 3. The van der Waals surface area contributed by atoms with E-state index in [1.807, 2.05) is 0 Å². The molecule has 4 rings (SSSR count). The largest absolute Gasteiger partial charge is 0.465 e. The number of esters is 1. The molecular formula is C25H27FN4O7S2. The molecule has 0 atom stereocenters. The van der Waals surface area contributed by atoms with Crippen LogP contribution in [0.25, 0.3) is 10.2 Å². The summed E-state index contributed by atoms with van der Waals surface area (Å²) in [6.07, 6.45) is -0.480. The van der Waals surface area contributed by atoms with Gasteiger partial charge in [0.25, 0.3) is 5.91 Å².